The molecular formula is C15H20FNO2. The molecule has 1 aromatic carbocycles. The van der Waals surface area contributed by atoms with Crippen molar-refractivity contribution in [2.75, 3.05) is 0 Å². The Morgan fingerprint density at radius 1 is 1.42 bits per heavy atom. The van der Waals surface area contributed by atoms with Crippen molar-refractivity contribution < 1.29 is 14.3 Å². The number of allylic oxidation sites excluding steroid dienone is 1. The zero-order chi connectivity index (χ0) is 14.4. The van der Waals surface area contributed by atoms with E-state index in [2.05, 4.69) is 5.32 Å². The molecule has 2 N–H and O–H groups in total. The van der Waals surface area contributed by atoms with Crippen LogP contribution in [0.15, 0.2) is 35.9 Å². The van der Waals surface area contributed by atoms with Crippen molar-refractivity contribution >= 4 is 5.91 Å². The second-order valence-electron chi connectivity index (χ2n) is 4.55. The summed E-state index contributed by atoms with van der Waals surface area (Å²) in [6.07, 6.45) is 1.75. The highest BCUT2D eigenvalue weighted by atomic mass is 19.1. The lowest BCUT2D eigenvalue weighted by Crippen LogP contribution is -2.37. The number of aliphatic hydroxyl groups excluding tert-OH is 1. The van der Waals surface area contributed by atoms with Crippen LogP contribution in [0.5, 0.6) is 0 Å². The average molecular weight is 265 g/mol. The van der Waals surface area contributed by atoms with Crippen molar-refractivity contribution in [1.29, 1.82) is 0 Å². The quantitative estimate of drug-likeness (QED) is 0.804. The monoisotopic (exact) mass is 265 g/mol. The number of halogens is 1. The first kappa shape index (κ1) is 15.4. The van der Waals surface area contributed by atoms with Gasteiger partial charge in [0.05, 0.1) is 12.1 Å². The van der Waals surface area contributed by atoms with Crippen LogP contribution in [0.4, 0.5) is 4.39 Å². The molecule has 0 aliphatic carbocycles. The molecule has 4 heteroatoms. The van der Waals surface area contributed by atoms with Gasteiger partial charge in [-0.1, -0.05) is 25.1 Å². The van der Waals surface area contributed by atoms with Crippen LogP contribution in [0.3, 0.4) is 0 Å². The predicted molar refractivity (Wildman–Crippen MR) is 73.0 cm³/mol. The SMILES string of the molecule is CC/C=C(/C)C(=O)NC(C)C(O)c1ccc(F)cc1. The molecule has 0 saturated heterocycles. The first-order chi connectivity index (χ1) is 8.95. The number of carbonyl (C=O) groups is 1. The third kappa shape index (κ3) is 4.48. The molecule has 0 radical (unpaired) electrons. The van der Waals surface area contributed by atoms with Crippen LogP contribution in [0.1, 0.15) is 38.9 Å². The van der Waals surface area contributed by atoms with Crippen LogP contribution in [0, 0.1) is 5.82 Å². The van der Waals surface area contributed by atoms with Gasteiger partial charge in [0, 0.05) is 5.57 Å². The van der Waals surface area contributed by atoms with Crippen LogP contribution < -0.4 is 5.32 Å². The smallest absolute Gasteiger partial charge is 0.246 e. The van der Waals surface area contributed by atoms with Crippen LogP contribution >= 0.6 is 0 Å². The minimum absolute atomic E-state index is 0.199. The Hall–Kier alpha value is -1.68. The minimum Gasteiger partial charge on any atom is -0.386 e. The Balaban J connectivity index is 2.67. The molecule has 2 unspecified atom stereocenters. The summed E-state index contributed by atoms with van der Waals surface area (Å²) in [4.78, 5) is 11.8. The van der Waals surface area contributed by atoms with Crippen LogP contribution in [0.25, 0.3) is 0 Å². The summed E-state index contributed by atoms with van der Waals surface area (Å²) in [5.41, 5.74) is 1.20. The molecule has 0 aliphatic heterocycles. The van der Waals surface area contributed by atoms with E-state index < -0.39 is 12.1 Å². The van der Waals surface area contributed by atoms with E-state index in [9.17, 15) is 14.3 Å². The van der Waals surface area contributed by atoms with Gasteiger partial charge in [-0.2, -0.15) is 0 Å². The molecule has 0 spiro atoms. The largest absolute Gasteiger partial charge is 0.386 e. The van der Waals surface area contributed by atoms with Crippen molar-refractivity contribution in [3.05, 3.63) is 47.3 Å². The van der Waals surface area contributed by atoms with E-state index in [-0.39, 0.29) is 11.7 Å². The molecule has 0 fully saturated rings. The lowest BCUT2D eigenvalue weighted by Gasteiger charge is -2.20. The standard InChI is InChI=1S/C15H20FNO2/c1-4-5-10(2)15(19)17-11(3)14(18)12-6-8-13(16)9-7-12/h5-9,11,14,18H,4H2,1-3H3,(H,17,19)/b10-5-. The molecule has 1 amide bonds. The Kier molecular flexibility index (Phi) is 5.70. The molecule has 3 nitrogen and oxygen atoms in total. The first-order valence-corrected chi connectivity index (χ1v) is 6.36. The average Bonchev–Trinajstić information content (AvgIpc) is 2.38. The number of benzene rings is 1. The van der Waals surface area contributed by atoms with E-state index in [0.717, 1.165) is 6.42 Å². The highest BCUT2D eigenvalue weighted by Crippen LogP contribution is 2.17. The topological polar surface area (TPSA) is 49.3 Å². The molecule has 0 aliphatic rings. The van der Waals surface area contributed by atoms with Gasteiger partial charge < -0.3 is 10.4 Å². The summed E-state index contributed by atoms with van der Waals surface area (Å²) >= 11 is 0. The van der Waals surface area contributed by atoms with Crippen molar-refractivity contribution in [2.24, 2.45) is 0 Å². The van der Waals surface area contributed by atoms with Crippen molar-refractivity contribution in [3.63, 3.8) is 0 Å². The summed E-state index contributed by atoms with van der Waals surface area (Å²) in [6.45, 7) is 5.40. The van der Waals surface area contributed by atoms with Gasteiger partial charge in [-0.3, -0.25) is 4.79 Å². The fourth-order valence-corrected chi connectivity index (χ4v) is 1.75. The number of aliphatic hydroxyl groups is 1. The van der Waals surface area contributed by atoms with E-state index >= 15 is 0 Å². The number of rotatable bonds is 5. The molecule has 1 aromatic rings. The van der Waals surface area contributed by atoms with Crippen molar-refractivity contribution in [2.45, 2.75) is 39.3 Å². The highest BCUT2D eigenvalue weighted by molar-refractivity contribution is 5.92. The van der Waals surface area contributed by atoms with E-state index in [1.807, 2.05) is 13.0 Å². The summed E-state index contributed by atoms with van der Waals surface area (Å²) in [6, 6.07) is 5.15. The molecule has 0 heterocycles. The van der Waals surface area contributed by atoms with E-state index in [1.54, 1.807) is 13.8 Å². The third-order valence-electron chi connectivity index (χ3n) is 2.91. The summed E-state index contributed by atoms with van der Waals surface area (Å²) in [5.74, 6) is -0.551. The third-order valence-corrected chi connectivity index (χ3v) is 2.91. The summed E-state index contributed by atoms with van der Waals surface area (Å²) in [5, 5.41) is 12.8. The molecule has 1 rings (SSSR count). The zero-order valence-electron chi connectivity index (χ0n) is 11.5. The van der Waals surface area contributed by atoms with Gasteiger partial charge in [0.15, 0.2) is 0 Å². The summed E-state index contributed by atoms with van der Waals surface area (Å²) in [7, 11) is 0. The fraction of sp³-hybridized carbons (Fsp3) is 0.400. The van der Waals surface area contributed by atoms with E-state index in [1.165, 1.54) is 24.3 Å². The van der Waals surface area contributed by atoms with Crippen LogP contribution in [-0.4, -0.2) is 17.1 Å². The molecule has 0 aromatic heterocycles. The maximum atomic E-state index is 12.8. The van der Waals surface area contributed by atoms with Gasteiger partial charge in [0.2, 0.25) is 5.91 Å². The summed E-state index contributed by atoms with van der Waals surface area (Å²) < 4.78 is 12.8. The highest BCUT2D eigenvalue weighted by Gasteiger charge is 2.18. The number of amides is 1. The minimum atomic E-state index is -0.862. The van der Waals surface area contributed by atoms with Crippen LogP contribution in [-0.2, 0) is 4.79 Å². The van der Waals surface area contributed by atoms with Crippen molar-refractivity contribution in [1.82, 2.24) is 5.32 Å². The molecular weight excluding hydrogens is 245 g/mol. The molecule has 0 bridgehead atoms. The van der Waals surface area contributed by atoms with Gasteiger partial charge >= 0.3 is 0 Å². The Labute approximate surface area is 113 Å². The second kappa shape index (κ2) is 7.04. The Morgan fingerprint density at radius 2 is 2.00 bits per heavy atom. The normalized spacial score (nSPS) is 14.9. The Bertz CT molecular complexity index is 454. The van der Waals surface area contributed by atoms with Gasteiger partial charge in [0.25, 0.3) is 0 Å². The van der Waals surface area contributed by atoms with Crippen LogP contribution in [0.2, 0.25) is 0 Å². The number of hydrogen-bond acceptors (Lipinski definition) is 2. The molecule has 104 valence electrons. The number of nitrogens with one attached hydrogen (secondary N) is 1. The fourth-order valence-electron chi connectivity index (χ4n) is 1.75. The molecule has 0 saturated carbocycles. The number of hydrogen-bond donors (Lipinski definition) is 2. The van der Waals surface area contributed by atoms with Crippen molar-refractivity contribution in [3.8, 4) is 0 Å². The lowest BCUT2D eigenvalue weighted by atomic mass is 10.0. The van der Waals surface area contributed by atoms with E-state index in [4.69, 9.17) is 0 Å². The molecule has 2 atom stereocenters. The second-order valence-corrected chi connectivity index (χ2v) is 4.55. The Morgan fingerprint density at radius 3 is 2.53 bits per heavy atom. The van der Waals surface area contributed by atoms with Gasteiger partial charge in [-0.25, -0.2) is 4.39 Å². The maximum Gasteiger partial charge on any atom is 0.246 e. The predicted octanol–water partition coefficient (Wildman–Crippen LogP) is 2.72. The molecule has 19 heavy (non-hydrogen) atoms. The zero-order valence-corrected chi connectivity index (χ0v) is 11.5. The van der Waals surface area contributed by atoms with Gasteiger partial charge in [-0.15, -0.1) is 0 Å². The lowest BCUT2D eigenvalue weighted by molar-refractivity contribution is -0.118. The first-order valence-electron chi connectivity index (χ1n) is 6.36. The maximum absolute atomic E-state index is 12.8. The number of carbonyl (C=O) groups excluding carboxylic acids is 1. The van der Waals surface area contributed by atoms with E-state index in [0.29, 0.717) is 11.1 Å². The van der Waals surface area contributed by atoms with Gasteiger partial charge in [-0.05, 0) is 38.0 Å². The van der Waals surface area contributed by atoms with Gasteiger partial charge in [0.1, 0.15) is 5.82 Å².